The van der Waals surface area contributed by atoms with Crippen LogP contribution < -0.4 is 74.0 Å². The number of nitrogens with zero attached hydrogens (tertiary/aromatic N) is 1. The maximum Gasteiger partial charge on any atom is 1.00 e. The van der Waals surface area contributed by atoms with Crippen LogP contribution in [0.15, 0.2) is 24.3 Å². The van der Waals surface area contributed by atoms with Gasteiger partial charge in [0.1, 0.15) is 0 Å². The van der Waals surface area contributed by atoms with Crippen LogP contribution in [0.2, 0.25) is 0 Å². The van der Waals surface area contributed by atoms with Gasteiger partial charge < -0.3 is 9.90 Å². The summed E-state index contributed by atoms with van der Waals surface area (Å²) in [5.74, 6) is -2.62. The molecule has 0 aliphatic carbocycles. The number of amides is 2. The quantitative estimate of drug-likeness (QED) is 0.516. The molecular formula is C10H6CsNO4. The predicted molar refractivity (Wildman–Crippen MR) is 46.8 cm³/mol. The molecular weight excluding hydrogens is 331 g/mol. The molecule has 0 spiro atoms. The third-order valence-corrected chi connectivity index (χ3v) is 2.17. The number of carboxylic acid groups (broad SMARTS) is 1. The second-order valence-electron chi connectivity index (χ2n) is 3.11. The number of hydrogen-bond donors (Lipinski definition) is 0. The molecule has 1 heterocycles. The summed E-state index contributed by atoms with van der Waals surface area (Å²) in [6, 6.07) is 6.22. The van der Waals surface area contributed by atoms with E-state index in [0.717, 1.165) is 0 Å². The summed E-state index contributed by atoms with van der Waals surface area (Å²) >= 11 is 0. The molecule has 0 unspecified atom stereocenters. The minimum absolute atomic E-state index is 0. The summed E-state index contributed by atoms with van der Waals surface area (Å²) < 4.78 is 0. The third kappa shape index (κ3) is 2.42. The van der Waals surface area contributed by atoms with Crippen LogP contribution in [0.1, 0.15) is 20.7 Å². The Kier molecular flexibility index (Phi) is 4.77. The maximum absolute atomic E-state index is 11.6. The molecule has 0 saturated heterocycles. The van der Waals surface area contributed by atoms with Gasteiger partial charge in [-0.2, -0.15) is 0 Å². The van der Waals surface area contributed by atoms with Gasteiger partial charge in [-0.1, -0.05) is 12.1 Å². The van der Waals surface area contributed by atoms with Crippen molar-refractivity contribution in [2.75, 3.05) is 6.54 Å². The van der Waals surface area contributed by atoms with Crippen LogP contribution in [-0.2, 0) is 4.79 Å². The molecule has 2 rings (SSSR count). The second kappa shape index (κ2) is 5.48. The van der Waals surface area contributed by atoms with Gasteiger partial charge in [0.15, 0.2) is 0 Å². The second-order valence-corrected chi connectivity index (χ2v) is 3.11. The Labute approximate surface area is 150 Å². The summed E-state index contributed by atoms with van der Waals surface area (Å²) in [6.07, 6.45) is 0. The van der Waals surface area contributed by atoms with Crippen molar-refractivity contribution in [1.29, 1.82) is 0 Å². The number of rotatable bonds is 2. The number of benzene rings is 1. The molecule has 0 N–H and O–H groups in total. The average Bonchev–Trinajstić information content (AvgIpc) is 2.44. The Morgan fingerprint density at radius 2 is 1.56 bits per heavy atom. The fraction of sp³-hybridized carbons (Fsp3) is 0.100. The molecule has 1 aromatic carbocycles. The zero-order chi connectivity index (χ0) is 11.0. The molecule has 1 aliphatic rings. The molecule has 0 bridgehead atoms. The van der Waals surface area contributed by atoms with Gasteiger partial charge in [-0.15, -0.1) is 0 Å². The topological polar surface area (TPSA) is 77.5 Å². The molecule has 16 heavy (non-hydrogen) atoms. The maximum atomic E-state index is 11.6. The molecule has 0 atom stereocenters. The van der Waals surface area contributed by atoms with Gasteiger partial charge in [0, 0.05) is 0 Å². The molecule has 0 aromatic heterocycles. The van der Waals surface area contributed by atoms with Crippen molar-refractivity contribution in [2.24, 2.45) is 0 Å². The fourth-order valence-electron chi connectivity index (χ4n) is 1.51. The SMILES string of the molecule is O=C([O-])CN1C(=O)c2ccccc2C1=O.[Cs+]. The first kappa shape index (κ1) is 13.9. The first-order valence-corrected chi connectivity index (χ1v) is 4.26. The van der Waals surface area contributed by atoms with Gasteiger partial charge in [0.25, 0.3) is 11.8 Å². The van der Waals surface area contributed by atoms with E-state index in [9.17, 15) is 19.5 Å². The van der Waals surface area contributed by atoms with Gasteiger partial charge in [0.05, 0.1) is 23.6 Å². The number of carbonyl (C=O) groups is 3. The van der Waals surface area contributed by atoms with E-state index in [-0.39, 0.29) is 80.0 Å². The molecule has 6 heteroatoms. The molecule has 2 amide bonds. The minimum Gasteiger partial charge on any atom is -0.548 e. The largest absolute Gasteiger partial charge is 1.00 e. The van der Waals surface area contributed by atoms with Crippen molar-refractivity contribution in [1.82, 2.24) is 4.90 Å². The van der Waals surface area contributed by atoms with Crippen molar-refractivity contribution >= 4 is 17.8 Å². The number of imide groups is 1. The van der Waals surface area contributed by atoms with E-state index in [4.69, 9.17) is 0 Å². The zero-order valence-corrected chi connectivity index (χ0v) is 14.9. The predicted octanol–water partition coefficient (Wildman–Crippen LogP) is -3.96. The third-order valence-electron chi connectivity index (χ3n) is 2.17. The average molecular weight is 337 g/mol. The van der Waals surface area contributed by atoms with Crippen LogP contribution in [-0.4, -0.2) is 29.2 Å². The van der Waals surface area contributed by atoms with E-state index in [1.807, 2.05) is 0 Å². The Bertz CT molecular complexity index is 437. The van der Waals surface area contributed by atoms with Crippen LogP contribution in [0.4, 0.5) is 0 Å². The van der Waals surface area contributed by atoms with Crippen molar-refractivity contribution in [3.63, 3.8) is 0 Å². The Morgan fingerprint density at radius 3 is 1.94 bits per heavy atom. The van der Waals surface area contributed by atoms with Gasteiger partial charge >= 0.3 is 68.9 Å². The van der Waals surface area contributed by atoms with E-state index in [1.54, 1.807) is 12.1 Å². The molecule has 0 saturated carbocycles. The summed E-state index contributed by atoms with van der Waals surface area (Å²) in [6.45, 7) is -0.702. The first-order chi connectivity index (χ1) is 7.11. The van der Waals surface area contributed by atoms with Crippen LogP contribution >= 0.6 is 0 Å². The van der Waals surface area contributed by atoms with E-state index in [1.165, 1.54) is 12.1 Å². The molecule has 0 radical (unpaired) electrons. The number of carboxylic acids is 1. The van der Waals surface area contributed by atoms with Crippen LogP contribution in [0.25, 0.3) is 0 Å². The van der Waals surface area contributed by atoms with Gasteiger partial charge in [0.2, 0.25) is 0 Å². The standard InChI is InChI=1S/C10H7NO4.Cs/c12-8(13)5-11-9(14)6-3-1-2-4-7(6)10(11)15;/h1-4H,5H2,(H,12,13);/q;+1/p-1. The number of fused-ring (bicyclic) bond motifs is 1. The molecule has 1 aliphatic heterocycles. The van der Waals surface area contributed by atoms with Crippen LogP contribution in [0.5, 0.6) is 0 Å². The molecule has 5 nitrogen and oxygen atoms in total. The van der Waals surface area contributed by atoms with Crippen molar-refractivity contribution in [3.05, 3.63) is 35.4 Å². The Balaban J connectivity index is 0.00000128. The smallest absolute Gasteiger partial charge is 0.548 e. The summed E-state index contributed by atoms with van der Waals surface area (Å²) in [5.41, 5.74) is 0.479. The van der Waals surface area contributed by atoms with Gasteiger partial charge in [-0.05, 0) is 12.1 Å². The summed E-state index contributed by atoms with van der Waals surface area (Å²) in [7, 11) is 0. The summed E-state index contributed by atoms with van der Waals surface area (Å²) in [5, 5.41) is 10.3. The first-order valence-electron chi connectivity index (χ1n) is 4.26. The normalized spacial score (nSPS) is 13.4. The molecule has 76 valence electrons. The number of aliphatic carboxylic acids is 1. The van der Waals surface area contributed by atoms with Gasteiger partial charge in [-0.3, -0.25) is 14.5 Å². The van der Waals surface area contributed by atoms with Crippen molar-refractivity contribution < 1.29 is 88.4 Å². The number of carbonyl (C=O) groups excluding carboxylic acids is 3. The van der Waals surface area contributed by atoms with Crippen LogP contribution in [0.3, 0.4) is 0 Å². The monoisotopic (exact) mass is 337 g/mol. The van der Waals surface area contributed by atoms with Crippen LogP contribution in [0, 0.1) is 0 Å². The molecule has 1 aromatic rings. The van der Waals surface area contributed by atoms with Gasteiger partial charge in [-0.25, -0.2) is 0 Å². The Morgan fingerprint density at radius 1 is 1.12 bits per heavy atom. The number of hydrogen-bond acceptors (Lipinski definition) is 4. The zero-order valence-electron chi connectivity index (χ0n) is 8.60. The van der Waals surface area contributed by atoms with E-state index in [0.29, 0.717) is 4.90 Å². The van der Waals surface area contributed by atoms with Crippen molar-refractivity contribution in [2.45, 2.75) is 0 Å². The van der Waals surface area contributed by atoms with E-state index in [2.05, 4.69) is 0 Å². The minimum atomic E-state index is -1.45. The molecule has 0 fully saturated rings. The summed E-state index contributed by atoms with van der Waals surface area (Å²) in [4.78, 5) is 34.1. The van der Waals surface area contributed by atoms with E-state index < -0.39 is 24.3 Å². The fourth-order valence-corrected chi connectivity index (χ4v) is 1.51. The van der Waals surface area contributed by atoms with Crippen molar-refractivity contribution in [3.8, 4) is 0 Å². The van der Waals surface area contributed by atoms with E-state index >= 15 is 0 Å². The Hall–Kier alpha value is -0.118.